The summed E-state index contributed by atoms with van der Waals surface area (Å²) in [5.41, 5.74) is 3.73. The second-order valence-electron chi connectivity index (χ2n) is 6.78. The number of benzene rings is 2. The first kappa shape index (κ1) is 19.0. The molecule has 0 saturated carbocycles. The summed E-state index contributed by atoms with van der Waals surface area (Å²) in [6.45, 7) is 6.65. The zero-order valence-electron chi connectivity index (χ0n) is 15.7. The lowest BCUT2D eigenvalue weighted by Crippen LogP contribution is -2.43. The Morgan fingerprint density at radius 3 is 2.20 bits per heavy atom. The minimum absolute atomic E-state index is 0.0285. The van der Waals surface area contributed by atoms with Crippen molar-refractivity contribution in [1.82, 2.24) is 10.6 Å². The number of nitrogens with one attached hydrogen (secondary N) is 2. The van der Waals surface area contributed by atoms with Crippen molar-refractivity contribution in [2.24, 2.45) is 4.99 Å². The molecule has 0 fully saturated rings. The highest BCUT2D eigenvalue weighted by Gasteiger charge is 2.20. The van der Waals surface area contributed by atoms with E-state index in [2.05, 4.69) is 78.0 Å². The molecule has 134 valence electrons. The predicted octanol–water partition coefficient (Wildman–Crippen LogP) is 3.48. The molecule has 0 aliphatic carbocycles. The smallest absolute Gasteiger partial charge is 0.191 e. The Balaban J connectivity index is 1.86. The van der Waals surface area contributed by atoms with Crippen LogP contribution < -0.4 is 10.6 Å². The van der Waals surface area contributed by atoms with Crippen LogP contribution in [0.3, 0.4) is 0 Å². The van der Waals surface area contributed by atoms with Gasteiger partial charge in [-0.3, -0.25) is 4.99 Å². The van der Waals surface area contributed by atoms with Gasteiger partial charge in [-0.05, 0) is 16.7 Å². The average Bonchev–Trinajstić information content (AvgIpc) is 2.64. The Hall–Kier alpha value is -2.33. The summed E-state index contributed by atoms with van der Waals surface area (Å²) in [6, 6.07) is 19.0. The second kappa shape index (κ2) is 9.23. The van der Waals surface area contributed by atoms with E-state index in [1.54, 1.807) is 14.2 Å². The van der Waals surface area contributed by atoms with Crippen molar-refractivity contribution < 1.29 is 4.74 Å². The molecule has 0 unspecified atom stereocenters. The Bertz CT molecular complexity index is 663. The Morgan fingerprint density at radius 2 is 1.60 bits per heavy atom. The predicted molar refractivity (Wildman–Crippen MR) is 105 cm³/mol. The highest BCUT2D eigenvalue weighted by Crippen LogP contribution is 2.21. The van der Waals surface area contributed by atoms with Gasteiger partial charge in [0.25, 0.3) is 0 Å². The maximum Gasteiger partial charge on any atom is 0.191 e. The minimum atomic E-state index is 0.0285. The van der Waals surface area contributed by atoms with Gasteiger partial charge in [-0.2, -0.15) is 0 Å². The number of hydrogen-bond donors (Lipinski definition) is 2. The molecule has 2 aromatic carbocycles. The van der Waals surface area contributed by atoms with Crippen molar-refractivity contribution in [3.05, 3.63) is 71.3 Å². The number of ether oxygens (including phenoxy) is 1. The molecule has 2 N–H and O–H groups in total. The Morgan fingerprint density at radius 1 is 0.960 bits per heavy atom. The highest BCUT2D eigenvalue weighted by atomic mass is 16.5. The summed E-state index contributed by atoms with van der Waals surface area (Å²) < 4.78 is 5.14. The lowest BCUT2D eigenvalue weighted by molar-refractivity contribution is 0.185. The van der Waals surface area contributed by atoms with E-state index in [1.165, 1.54) is 16.7 Å². The molecule has 0 radical (unpaired) electrons. The summed E-state index contributed by atoms with van der Waals surface area (Å²) in [7, 11) is 3.51. The number of methoxy groups -OCH3 is 1. The van der Waals surface area contributed by atoms with Crippen molar-refractivity contribution in [3.63, 3.8) is 0 Å². The van der Waals surface area contributed by atoms with E-state index in [0.717, 1.165) is 19.0 Å². The summed E-state index contributed by atoms with van der Waals surface area (Å²) >= 11 is 0. The molecule has 0 amide bonds. The van der Waals surface area contributed by atoms with Gasteiger partial charge in [-0.15, -0.1) is 0 Å². The van der Waals surface area contributed by atoms with Crippen molar-refractivity contribution >= 4 is 5.96 Å². The molecule has 0 aliphatic rings. The zero-order valence-corrected chi connectivity index (χ0v) is 15.7. The van der Waals surface area contributed by atoms with Gasteiger partial charge in [0.05, 0.1) is 6.61 Å². The quantitative estimate of drug-likeness (QED) is 0.600. The third kappa shape index (κ3) is 5.91. The third-order valence-corrected chi connectivity index (χ3v) is 4.27. The first-order valence-corrected chi connectivity index (χ1v) is 8.62. The first-order chi connectivity index (χ1) is 12.0. The minimum Gasteiger partial charge on any atom is -0.380 e. The normalized spacial score (nSPS) is 12.1. The van der Waals surface area contributed by atoms with Gasteiger partial charge in [-0.25, -0.2) is 0 Å². The van der Waals surface area contributed by atoms with Crippen LogP contribution in [0.1, 0.15) is 30.5 Å². The first-order valence-electron chi connectivity index (χ1n) is 8.62. The van der Waals surface area contributed by atoms with Crippen LogP contribution in [-0.4, -0.2) is 26.7 Å². The lowest BCUT2D eigenvalue weighted by Gasteiger charge is -2.26. The largest absolute Gasteiger partial charge is 0.380 e. The second-order valence-corrected chi connectivity index (χ2v) is 6.78. The zero-order chi connectivity index (χ0) is 18.1. The Labute approximate surface area is 151 Å². The molecule has 4 heteroatoms. The number of nitrogens with zero attached hydrogens (tertiary/aromatic N) is 1. The summed E-state index contributed by atoms with van der Waals surface area (Å²) in [5, 5.41) is 6.80. The highest BCUT2D eigenvalue weighted by molar-refractivity contribution is 5.79. The molecule has 0 spiro atoms. The van der Waals surface area contributed by atoms with Crippen molar-refractivity contribution in [1.29, 1.82) is 0 Å². The maximum atomic E-state index is 5.14. The fourth-order valence-corrected chi connectivity index (χ4v) is 2.62. The van der Waals surface area contributed by atoms with Gasteiger partial charge in [0.2, 0.25) is 0 Å². The molecule has 4 nitrogen and oxygen atoms in total. The number of hydrogen-bond acceptors (Lipinski definition) is 2. The summed E-state index contributed by atoms with van der Waals surface area (Å²) in [5.74, 6) is 0.810. The molecule has 0 saturated heterocycles. The van der Waals surface area contributed by atoms with E-state index in [-0.39, 0.29) is 5.41 Å². The van der Waals surface area contributed by atoms with Crippen LogP contribution >= 0.6 is 0 Å². The number of guanidine groups is 1. The molecule has 25 heavy (non-hydrogen) atoms. The van der Waals surface area contributed by atoms with Crippen LogP contribution in [0.15, 0.2) is 59.6 Å². The topological polar surface area (TPSA) is 45.7 Å². The molecular formula is C21H29N3O. The molecule has 0 aliphatic heterocycles. The average molecular weight is 339 g/mol. The van der Waals surface area contributed by atoms with Crippen molar-refractivity contribution in [2.45, 2.75) is 32.4 Å². The van der Waals surface area contributed by atoms with Crippen LogP contribution in [0.4, 0.5) is 0 Å². The van der Waals surface area contributed by atoms with Crippen molar-refractivity contribution in [2.75, 3.05) is 20.7 Å². The Kier molecular flexibility index (Phi) is 7.02. The van der Waals surface area contributed by atoms with Gasteiger partial charge >= 0.3 is 0 Å². The van der Waals surface area contributed by atoms with Crippen LogP contribution in [0, 0.1) is 0 Å². The van der Waals surface area contributed by atoms with Crippen LogP contribution in [0.25, 0.3) is 0 Å². The van der Waals surface area contributed by atoms with E-state index in [4.69, 9.17) is 4.74 Å². The fourth-order valence-electron chi connectivity index (χ4n) is 2.62. The monoisotopic (exact) mass is 339 g/mol. The third-order valence-electron chi connectivity index (χ3n) is 4.27. The van der Waals surface area contributed by atoms with E-state index >= 15 is 0 Å². The SMILES string of the molecule is CN=C(NCc1ccc(COC)cc1)NCC(C)(C)c1ccccc1. The summed E-state index contributed by atoms with van der Waals surface area (Å²) in [4.78, 5) is 4.32. The fraction of sp³-hybridized carbons (Fsp3) is 0.381. The molecule has 2 rings (SSSR count). The maximum absolute atomic E-state index is 5.14. The van der Waals surface area contributed by atoms with E-state index < -0.39 is 0 Å². The molecule has 0 heterocycles. The van der Waals surface area contributed by atoms with Crippen molar-refractivity contribution in [3.8, 4) is 0 Å². The van der Waals surface area contributed by atoms with Gasteiger partial charge in [0.15, 0.2) is 5.96 Å². The molecule has 0 atom stereocenters. The molecule has 2 aromatic rings. The van der Waals surface area contributed by atoms with Gasteiger partial charge < -0.3 is 15.4 Å². The van der Waals surface area contributed by atoms with Gasteiger partial charge in [0.1, 0.15) is 0 Å². The van der Waals surface area contributed by atoms with Gasteiger partial charge in [-0.1, -0.05) is 68.4 Å². The molecule has 0 bridgehead atoms. The van der Waals surface area contributed by atoms with E-state index in [0.29, 0.717) is 6.61 Å². The van der Waals surface area contributed by atoms with Gasteiger partial charge in [0, 0.05) is 32.7 Å². The van der Waals surface area contributed by atoms with Crippen LogP contribution in [-0.2, 0) is 23.3 Å². The molecule has 0 aromatic heterocycles. The van der Waals surface area contributed by atoms with E-state index in [9.17, 15) is 0 Å². The number of rotatable bonds is 7. The molecular weight excluding hydrogens is 310 g/mol. The van der Waals surface area contributed by atoms with E-state index in [1.807, 2.05) is 6.07 Å². The standard InChI is InChI=1S/C21H29N3O/c1-21(2,19-8-6-5-7-9-19)16-24-20(22-3)23-14-17-10-12-18(13-11-17)15-25-4/h5-13H,14-16H2,1-4H3,(H2,22,23,24). The van der Waals surface area contributed by atoms with Crippen LogP contribution in [0.5, 0.6) is 0 Å². The van der Waals surface area contributed by atoms with Crippen LogP contribution in [0.2, 0.25) is 0 Å². The lowest BCUT2D eigenvalue weighted by atomic mass is 9.85. The summed E-state index contributed by atoms with van der Waals surface area (Å²) in [6.07, 6.45) is 0. The number of aliphatic imine (C=N–C) groups is 1.